The number of rotatable bonds is 5. The van der Waals surface area contributed by atoms with Crippen molar-refractivity contribution in [3.05, 3.63) is 65.4 Å². The van der Waals surface area contributed by atoms with E-state index in [9.17, 15) is 0 Å². The Morgan fingerprint density at radius 2 is 1.89 bits per heavy atom. The van der Waals surface area contributed by atoms with E-state index >= 15 is 0 Å². The third-order valence-corrected chi connectivity index (χ3v) is 4.94. The van der Waals surface area contributed by atoms with Crippen LogP contribution < -0.4 is 10.5 Å². The van der Waals surface area contributed by atoms with Gasteiger partial charge >= 0.3 is 0 Å². The highest BCUT2D eigenvalue weighted by atomic mass is 16.5. The molecule has 1 aliphatic rings. The molecule has 144 valence electrons. The summed E-state index contributed by atoms with van der Waals surface area (Å²) in [4.78, 5) is 0. The Hall–Kier alpha value is -2.26. The highest BCUT2D eigenvalue weighted by Crippen LogP contribution is 2.30. The molecule has 27 heavy (non-hydrogen) atoms. The van der Waals surface area contributed by atoms with Crippen molar-refractivity contribution in [2.45, 2.75) is 52.6 Å². The molecule has 0 saturated carbocycles. The van der Waals surface area contributed by atoms with Crippen LogP contribution >= 0.6 is 0 Å². The van der Waals surface area contributed by atoms with Gasteiger partial charge in [0.15, 0.2) is 0 Å². The number of ether oxygens (including phenoxy) is 1. The van der Waals surface area contributed by atoms with E-state index in [4.69, 9.17) is 14.9 Å². The summed E-state index contributed by atoms with van der Waals surface area (Å²) in [6.45, 7) is 5.50. The maximum absolute atomic E-state index is 5.95. The lowest BCUT2D eigenvalue weighted by molar-refractivity contribution is 0.274. The largest absolute Gasteiger partial charge is 0.486 e. The first kappa shape index (κ1) is 19.5. The van der Waals surface area contributed by atoms with Crippen molar-refractivity contribution in [2.24, 2.45) is 11.7 Å². The normalized spacial score (nSPS) is 15.7. The van der Waals surface area contributed by atoms with Crippen LogP contribution in [0.15, 0.2) is 52.9 Å². The van der Waals surface area contributed by atoms with Gasteiger partial charge in [0.1, 0.15) is 23.7 Å². The summed E-state index contributed by atoms with van der Waals surface area (Å²) < 4.78 is 11.8. The van der Waals surface area contributed by atoms with Gasteiger partial charge in [-0.2, -0.15) is 0 Å². The monoisotopic (exact) mass is 365 g/mol. The molecule has 1 aromatic heterocycles. The number of fused-ring (bicyclic) bond motifs is 2. The van der Waals surface area contributed by atoms with Crippen molar-refractivity contribution in [1.82, 2.24) is 0 Å². The molecule has 3 heteroatoms. The quantitative estimate of drug-likeness (QED) is 0.614. The minimum Gasteiger partial charge on any atom is -0.486 e. The van der Waals surface area contributed by atoms with Crippen molar-refractivity contribution in [1.29, 1.82) is 0 Å². The summed E-state index contributed by atoms with van der Waals surface area (Å²) in [6, 6.07) is 16.6. The van der Waals surface area contributed by atoms with Crippen molar-refractivity contribution in [2.75, 3.05) is 6.54 Å². The summed E-state index contributed by atoms with van der Waals surface area (Å²) in [7, 11) is 0. The molecule has 2 aromatic carbocycles. The van der Waals surface area contributed by atoms with Crippen LogP contribution in [0.2, 0.25) is 0 Å². The second-order valence-electron chi connectivity index (χ2n) is 7.36. The molecular formula is C24H31NO2. The Bertz CT molecular complexity index is 819. The zero-order chi connectivity index (χ0) is 19.1. The molecule has 1 heterocycles. The van der Waals surface area contributed by atoms with E-state index in [2.05, 4.69) is 38.1 Å². The van der Waals surface area contributed by atoms with E-state index < -0.39 is 0 Å². The number of nitrogens with two attached hydrogens (primary N) is 1. The second-order valence-corrected chi connectivity index (χ2v) is 7.36. The average Bonchev–Trinajstić information content (AvgIpc) is 3.10. The number of furan rings is 1. The summed E-state index contributed by atoms with van der Waals surface area (Å²) >= 11 is 0. The smallest absolute Gasteiger partial charge is 0.146 e. The fraction of sp³-hybridized carbons (Fsp3) is 0.417. The van der Waals surface area contributed by atoms with Gasteiger partial charge in [0.05, 0.1) is 0 Å². The van der Waals surface area contributed by atoms with Gasteiger partial charge in [0.25, 0.3) is 0 Å². The highest BCUT2D eigenvalue weighted by Gasteiger charge is 2.18. The van der Waals surface area contributed by atoms with E-state index in [1.807, 2.05) is 24.3 Å². The zero-order valence-electron chi connectivity index (χ0n) is 16.5. The molecule has 4 rings (SSSR count). The van der Waals surface area contributed by atoms with Crippen LogP contribution in [0.5, 0.6) is 5.75 Å². The minimum absolute atomic E-state index is 0.462. The zero-order valence-corrected chi connectivity index (χ0v) is 16.5. The predicted molar refractivity (Wildman–Crippen MR) is 112 cm³/mol. The van der Waals surface area contributed by atoms with Crippen molar-refractivity contribution >= 4 is 11.0 Å². The Morgan fingerprint density at radius 1 is 1.07 bits per heavy atom. The molecule has 1 atom stereocenters. The molecule has 1 unspecified atom stereocenters. The van der Waals surface area contributed by atoms with Crippen LogP contribution in [0.3, 0.4) is 0 Å². The van der Waals surface area contributed by atoms with Gasteiger partial charge < -0.3 is 14.9 Å². The molecule has 2 N–H and O–H groups in total. The first-order chi connectivity index (χ1) is 13.2. The van der Waals surface area contributed by atoms with Gasteiger partial charge in [-0.1, -0.05) is 44.5 Å². The molecule has 0 aliphatic heterocycles. The van der Waals surface area contributed by atoms with Gasteiger partial charge in [-0.25, -0.2) is 0 Å². The van der Waals surface area contributed by atoms with E-state index in [0.29, 0.717) is 6.61 Å². The van der Waals surface area contributed by atoms with Crippen LogP contribution in [0, 0.1) is 5.92 Å². The summed E-state index contributed by atoms with van der Waals surface area (Å²) in [5.41, 5.74) is 9.48. The Morgan fingerprint density at radius 3 is 2.67 bits per heavy atom. The number of aryl methyl sites for hydroxylation is 1. The van der Waals surface area contributed by atoms with Crippen molar-refractivity contribution < 1.29 is 9.15 Å². The third-order valence-electron chi connectivity index (χ3n) is 4.94. The van der Waals surface area contributed by atoms with E-state index in [-0.39, 0.29) is 0 Å². The molecule has 0 radical (unpaired) electrons. The summed E-state index contributed by atoms with van der Waals surface area (Å²) in [5, 5.41) is 1.12. The molecule has 1 aliphatic carbocycles. The van der Waals surface area contributed by atoms with Crippen LogP contribution in [0.4, 0.5) is 0 Å². The fourth-order valence-corrected chi connectivity index (χ4v) is 3.64. The highest BCUT2D eigenvalue weighted by molar-refractivity contribution is 5.77. The average molecular weight is 366 g/mol. The van der Waals surface area contributed by atoms with Crippen molar-refractivity contribution in [3.63, 3.8) is 0 Å². The van der Waals surface area contributed by atoms with Crippen molar-refractivity contribution in [3.8, 4) is 5.75 Å². The second kappa shape index (κ2) is 9.61. The maximum atomic E-state index is 5.95. The molecule has 3 aromatic rings. The number of hydrogen-bond donors (Lipinski definition) is 1. The molecule has 0 saturated heterocycles. The topological polar surface area (TPSA) is 48.4 Å². The van der Waals surface area contributed by atoms with Gasteiger partial charge in [0.2, 0.25) is 0 Å². The lowest BCUT2D eigenvalue weighted by Gasteiger charge is -2.24. The molecule has 0 amide bonds. The lowest BCUT2D eigenvalue weighted by atomic mass is 9.82. The van der Waals surface area contributed by atoms with E-state index in [1.54, 1.807) is 0 Å². The summed E-state index contributed by atoms with van der Waals surface area (Å²) in [5.74, 6) is 2.52. The Labute approximate surface area is 162 Å². The molecular weight excluding hydrogens is 334 g/mol. The van der Waals surface area contributed by atoms with Crippen LogP contribution in [-0.4, -0.2) is 6.54 Å². The minimum atomic E-state index is 0.462. The van der Waals surface area contributed by atoms with Gasteiger partial charge in [-0.05, 0) is 73.5 Å². The third kappa shape index (κ3) is 5.14. The van der Waals surface area contributed by atoms with Gasteiger partial charge in [-0.15, -0.1) is 0 Å². The standard InChI is InChI=1S/C21H23NO2.C3H8/c22-10-9-15-5-6-17-12-19(8-7-16(17)11-15)23-14-20-13-18-3-1-2-4-21(18)24-20;1-3-2/h1-4,7-8,12-13,15H,5-6,9-11,14,22H2;3H2,1-2H3. The van der Waals surface area contributed by atoms with Crippen LogP contribution in [-0.2, 0) is 19.4 Å². The first-order valence-electron chi connectivity index (χ1n) is 10.2. The molecule has 0 bridgehead atoms. The number of para-hydroxylation sites is 1. The Balaban J connectivity index is 0.000000659. The fourth-order valence-electron chi connectivity index (χ4n) is 3.64. The number of hydrogen-bond acceptors (Lipinski definition) is 3. The van der Waals surface area contributed by atoms with Crippen LogP contribution in [0.1, 0.15) is 50.0 Å². The molecule has 3 nitrogen and oxygen atoms in total. The van der Waals surface area contributed by atoms with E-state index in [1.165, 1.54) is 24.0 Å². The molecule has 0 spiro atoms. The predicted octanol–water partition coefficient (Wildman–Crippen LogP) is 5.88. The SMILES string of the molecule is CCC.NCCC1CCc2cc(OCc3cc4ccccc4o3)ccc2C1. The Kier molecular flexibility index (Phi) is 6.94. The maximum Gasteiger partial charge on any atom is 0.146 e. The van der Waals surface area contributed by atoms with Gasteiger partial charge in [0, 0.05) is 5.39 Å². The van der Waals surface area contributed by atoms with E-state index in [0.717, 1.165) is 54.2 Å². The van der Waals surface area contributed by atoms with Gasteiger partial charge in [-0.3, -0.25) is 0 Å². The lowest BCUT2D eigenvalue weighted by Crippen LogP contribution is -2.17. The summed E-state index contributed by atoms with van der Waals surface area (Å²) in [6.07, 6.45) is 5.89. The first-order valence-corrected chi connectivity index (χ1v) is 10.2. The number of benzene rings is 2. The van der Waals surface area contributed by atoms with Crippen LogP contribution in [0.25, 0.3) is 11.0 Å². The molecule has 0 fully saturated rings.